The van der Waals surface area contributed by atoms with Crippen molar-refractivity contribution in [3.8, 4) is 0 Å². The molecule has 0 amide bonds. The lowest BCUT2D eigenvalue weighted by atomic mass is 10.2. The van der Waals surface area contributed by atoms with Gasteiger partial charge in [0, 0.05) is 32.7 Å². The monoisotopic (exact) mass is 272 g/mol. The van der Waals surface area contributed by atoms with Gasteiger partial charge in [-0.1, -0.05) is 6.07 Å². The Kier molecular flexibility index (Phi) is 3.72. The molecular formula is C11H14BrFN2. The Morgan fingerprint density at radius 1 is 1.33 bits per heavy atom. The van der Waals surface area contributed by atoms with Crippen LogP contribution in [0.15, 0.2) is 22.7 Å². The van der Waals surface area contributed by atoms with Crippen LogP contribution < -0.4 is 5.32 Å². The normalized spacial score (nSPS) is 18.0. The van der Waals surface area contributed by atoms with Crippen LogP contribution in [0.1, 0.15) is 5.56 Å². The standard InChI is InChI=1S/C11H14BrFN2/c12-10-7-9(1-2-11(10)13)8-15-5-3-14-4-6-15/h1-2,7,14H,3-6,8H2. The number of nitrogens with one attached hydrogen (secondary N) is 1. The van der Waals surface area contributed by atoms with E-state index in [2.05, 4.69) is 26.1 Å². The highest BCUT2D eigenvalue weighted by Gasteiger charge is 2.10. The Hall–Kier alpha value is -0.450. The Morgan fingerprint density at radius 3 is 2.73 bits per heavy atom. The number of nitrogens with zero attached hydrogens (tertiary/aromatic N) is 1. The summed E-state index contributed by atoms with van der Waals surface area (Å²) in [6.07, 6.45) is 0. The number of benzene rings is 1. The van der Waals surface area contributed by atoms with Crippen molar-refractivity contribution in [3.63, 3.8) is 0 Å². The molecule has 82 valence electrons. The molecule has 0 spiro atoms. The lowest BCUT2D eigenvalue weighted by Gasteiger charge is -2.27. The van der Waals surface area contributed by atoms with E-state index in [1.807, 2.05) is 12.1 Å². The van der Waals surface area contributed by atoms with E-state index in [4.69, 9.17) is 0 Å². The minimum Gasteiger partial charge on any atom is -0.314 e. The number of hydrogen-bond acceptors (Lipinski definition) is 2. The lowest BCUT2D eigenvalue weighted by molar-refractivity contribution is 0.233. The van der Waals surface area contributed by atoms with Gasteiger partial charge in [0.1, 0.15) is 5.82 Å². The smallest absolute Gasteiger partial charge is 0.137 e. The van der Waals surface area contributed by atoms with Crippen molar-refractivity contribution in [1.29, 1.82) is 0 Å². The molecule has 2 nitrogen and oxygen atoms in total. The first-order valence-electron chi connectivity index (χ1n) is 5.13. The summed E-state index contributed by atoms with van der Waals surface area (Å²) in [6, 6.07) is 5.22. The van der Waals surface area contributed by atoms with Gasteiger partial charge in [0.25, 0.3) is 0 Å². The van der Waals surface area contributed by atoms with Crippen molar-refractivity contribution < 1.29 is 4.39 Å². The average Bonchev–Trinajstić information content (AvgIpc) is 2.25. The first kappa shape index (κ1) is 11.0. The van der Waals surface area contributed by atoms with Crippen LogP contribution in [0.3, 0.4) is 0 Å². The molecule has 1 aromatic rings. The summed E-state index contributed by atoms with van der Waals surface area (Å²) in [5.74, 6) is -0.195. The van der Waals surface area contributed by atoms with Gasteiger partial charge < -0.3 is 5.32 Å². The van der Waals surface area contributed by atoms with Gasteiger partial charge in [0.05, 0.1) is 4.47 Å². The fourth-order valence-corrected chi connectivity index (χ4v) is 2.19. The maximum absolute atomic E-state index is 13.0. The minimum absolute atomic E-state index is 0.195. The number of hydrogen-bond donors (Lipinski definition) is 1. The quantitative estimate of drug-likeness (QED) is 0.886. The maximum atomic E-state index is 13.0. The molecule has 2 rings (SSSR count). The molecule has 1 aromatic carbocycles. The Balaban J connectivity index is 2.00. The summed E-state index contributed by atoms with van der Waals surface area (Å²) in [5.41, 5.74) is 1.16. The van der Waals surface area contributed by atoms with Gasteiger partial charge in [0.2, 0.25) is 0 Å². The minimum atomic E-state index is -0.195. The van der Waals surface area contributed by atoms with Crippen LogP contribution in [0.4, 0.5) is 4.39 Å². The van der Waals surface area contributed by atoms with Crippen molar-refractivity contribution in [3.05, 3.63) is 34.1 Å². The molecule has 0 saturated carbocycles. The van der Waals surface area contributed by atoms with Crippen molar-refractivity contribution in [2.75, 3.05) is 26.2 Å². The summed E-state index contributed by atoms with van der Waals surface area (Å²) >= 11 is 3.20. The highest BCUT2D eigenvalue weighted by atomic mass is 79.9. The summed E-state index contributed by atoms with van der Waals surface area (Å²) in [5, 5.41) is 3.31. The second-order valence-corrected chi connectivity index (χ2v) is 4.63. The van der Waals surface area contributed by atoms with E-state index in [1.165, 1.54) is 6.07 Å². The van der Waals surface area contributed by atoms with Crippen LogP contribution in [-0.4, -0.2) is 31.1 Å². The number of rotatable bonds is 2. The van der Waals surface area contributed by atoms with E-state index in [9.17, 15) is 4.39 Å². The van der Waals surface area contributed by atoms with Crippen molar-refractivity contribution in [2.24, 2.45) is 0 Å². The van der Waals surface area contributed by atoms with Crippen LogP contribution in [0.5, 0.6) is 0 Å². The molecule has 0 radical (unpaired) electrons. The molecule has 0 aromatic heterocycles. The third-order valence-corrected chi connectivity index (χ3v) is 3.21. The zero-order valence-corrected chi connectivity index (χ0v) is 10.1. The maximum Gasteiger partial charge on any atom is 0.137 e. The van der Waals surface area contributed by atoms with Gasteiger partial charge in [-0.3, -0.25) is 4.90 Å². The molecule has 1 aliphatic heterocycles. The molecule has 0 bridgehead atoms. The predicted octanol–water partition coefficient (Wildman–Crippen LogP) is 1.99. The highest BCUT2D eigenvalue weighted by Crippen LogP contribution is 2.17. The molecule has 0 aliphatic carbocycles. The molecule has 0 atom stereocenters. The number of piperazine rings is 1. The Morgan fingerprint density at radius 2 is 2.07 bits per heavy atom. The van der Waals surface area contributed by atoms with Crippen LogP contribution in [-0.2, 0) is 6.54 Å². The van der Waals surface area contributed by atoms with Gasteiger partial charge >= 0.3 is 0 Å². The van der Waals surface area contributed by atoms with Gasteiger partial charge in [-0.15, -0.1) is 0 Å². The summed E-state index contributed by atoms with van der Waals surface area (Å²) in [4.78, 5) is 2.37. The summed E-state index contributed by atoms with van der Waals surface area (Å²) < 4.78 is 13.6. The van der Waals surface area contributed by atoms with Crippen molar-refractivity contribution in [2.45, 2.75) is 6.54 Å². The highest BCUT2D eigenvalue weighted by molar-refractivity contribution is 9.10. The fraction of sp³-hybridized carbons (Fsp3) is 0.455. The SMILES string of the molecule is Fc1ccc(CN2CCNCC2)cc1Br. The Labute approximate surface area is 97.6 Å². The van der Waals surface area contributed by atoms with Crippen molar-refractivity contribution >= 4 is 15.9 Å². The second-order valence-electron chi connectivity index (χ2n) is 3.77. The van der Waals surface area contributed by atoms with E-state index in [0.29, 0.717) is 4.47 Å². The summed E-state index contributed by atoms with van der Waals surface area (Å²) in [6.45, 7) is 5.12. The Bertz CT molecular complexity index is 337. The predicted molar refractivity (Wildman–Crippen MR) is 62.2 cm³/mol. The third-order valence-electron chi connectivity index (χ3n) is 2.60. The average molecular weight is 273 g/mol. The molecular weight excluding hydrogens is 259 g/mol. The molecule has 1 N–H and O–H groups in total. The van der Waals surface area contributed by atoms with Crippen LogP contribution in [0.2, 0.25) is 0 Å². The van der Waals surface area contributed by atoms with Crippen LogP contribution in [0, 0.1) is 5.82 Å². The second kappa shape index (κ2) is 5.05. The first-order chi connectivity index (χ1) is 7.25. The number of halogens is 2. The van der Waals surface area contributed by atoms with E-state index in [-0.39, 0.29) is 5.82 Å². The van der Waals surface area contributed by atoms with Gasteiger partial charge in [0.15, 0.2) is 0 Å². The lowest BCUT2D eigenvalue weighted by Crippen LogP contribution is -2.42. The molecule has 1 saturated heterocycles. The van der Waals surface area contributed by atoms with E-state index >= 15 is 0 Å². The van der Waals surface area contributed by atoms with E-state index < -0.39 is 0 Å². The van der Waals surface area contributed by atoms with Gasteiger partial charge in [-0.2, -0.15) is 0 Å². The topological polar surface area (TPSA) is 15.3 Å². The van der Waals surface area contributed by atoms with E-state index in [0.717, 1.165) is 38.3 Å². The largest absolute Gasteiger partial charge is 0.314 e. The zero-order valence-electron chi connectivity index (χ0n) is 8.47. The van der Waals surface area contributed by atoms with Gasteiger partial charge in [-0.05, 0) is 33.6 Å². The van der Waals surface area contributed by atoms with Crippen molar-refractivity contribution in [1.82, 2.24) is 10.2 Å². The molecule has 0 unspecified atom stereocenters. The third kappa shape index (κ3) is 3.00. The molecule has 4 heteroatoms. The van der Waals surface area contributed by atoms with E-state index in [1.54, 1.807) is 0 Å². The zero-order chi connectivity index (χ0) is 10.7. The summed E-state index contributed by atoms with van der Waals surface area (Å²) in [7, 11) is 0. The molecule has 1 fully saturated rings. The van der Waals surface area contributed by atoms with Crippen LogP contribution in [0.25, 0.3) is 0 Å². The van der Waals surface area contributed by atoms with Crippen LogP contribution >= 0.6 is 15.9 Å². The molecule has 1 heterocycles. The molecule has 1 aliphatic rings. The van der Waals surface area contributed by atoms with Gasteiger partial charge in [-0.25, -0.2) is 4.39 Å². The molecule has 15 heavy (non-hydrogen) atoms. The first-order valence-corrected chi connectivity index (χ1v) is 5.92. The fourth-order valence-electron chi connectivity index (χ4n) is 1.77.